The molecule has 0 fully saturated rings. The lowest BCUT2D eigenvalue weighted by Crippen LogP contribution is -2.39. The minimum atomic E-state index is -0.587. The van der Waals surface area contributed by atoms with Gasteiger partial charge in [0, 0.05) is 26.1 Å². The summed E-state index contributed by atoms with van der Waals surface area (Å²) in [6.07, 6.45) is 1.10. The summed E-state index contributed by atoms with van der Waals surface area (Å²) in [5.41, 5.74) is 6.93. The van der Waals surface area contributed by atoms with E-state index in [1.807, 2.05) is 0 Å². The molecule has 1 aromatic carbocycles. The number of carbonyl (C=O) groups is 1. The number of aryl methyl sites for hydroxylation is 1. The van der Waals surface area contributed by atoms with Gasteiger partial charge in [-0.3, -0.25) is 4.79 Å². The number of halogens is 2. The third kappa shape index (κ3) is 6.25. The molecule has 0 saturated carbocycles. The van der Waals surface area contributed by atoms with Crippen LogP contribution >= 0.6 is 12.4 Å². The van der Waals surface area contributed by atoms with Crippen molar-refractivity contribution < 1.29 is 9.18 Å². The van der Waals surface area contributed by atoms with E-state index >= 15 is 0 Å². The van der Waals surface area contributed by atoms with Crippen LogP contribution in [0.1, 0.15) is 37.7 Å². The van der Waals surface area contributed by atoms with Gasteiger partial charge in [0.15, 0.2) is 0 Å². The monoisotopic (exact) mass is 398 g/mol. The maximum absolute atomic E-state index is 13.2. The Balaban J connectivity index is 0.00000364. The molecule has 0 spiro atoms. The van der Waals surface area contributed by atoms with Gasteiger partial charge in [-0.15, -0.1) is 17.5 Å². The summed E-state index contributed by atoms with van der Waals surface area (Å²) in [5, 5.41) is 11.5. The molecule has 0 aliphatic rings. The smallest absolute Gasteiger partial charge is 0.247 e. The zero-order valence-corrected chi connectivity index (χ0v) is 17.0. The summed E-state index contributed by atoms with van der Waals surface area (Å²) in [5.74, 6) is 0.503. The molecule has 27 heavy (non-hydrogen) atoms. The van der Waals surface area contributed by atoms with Gasteiger partial charge >= 0.3 is 0 Å². The average Bonchev–Trinajstić information content (AvgIpc) is 3.03. The third-order valence-electron chi connectivity index (χ3n) is 4.61. The maximum atomic E-state index is 13.2. The summed E-state index contributed by atoms with van der Waals surface area (Å²) < 4.78 is 14.7. The Morgan fingerprint density at radius 2 is 1.93 bits per heavy atom. The Labute approximate surface area is 165 Å². The molecule has 2 unspecified atom stereocenters. The molecule has 2 rings (SSSR count). The van der Waals surface area contributed by atoms with E-state index in [4.69, 9.17) is 5.73 Å². The number of carbonyl (C=O) groups excluding carboxylic acids is 1. The van der Waals surface area contributed by atoms with E-state index in [9.17, 15) is 9.18 Å². The SMILES string of the molecule is Cc1nnnn1C(Cc1ccc(F)cc1)C(=O)N(C)CCC(N)C(C)C.Cl. The third-order valence-corrected chi connectivity index (χ3v) is 4.61. The number of rotatable bonds is 8. The van der Waals surface area contributed by atoms with Crippen molar-refractivity contribution in [2.75, 3.05) is 13.6 Å². The van der Waals surface area contributed by atoms with Gasteiger partial charge in [-0.2, -0.15) is 0 Å². The van der Waals surface area contributed by atoms with Crippen molar-refractivity contribution >= 4 is 18.3 Å². The summed E-state index contributed by atoms with van der Waals surface area (Å²) in [6.45, 7) is 6.43. The van der Waals surface area contributed by atoms with E-state index in [0.29, 0.717) is 24.7 Å². The lowest BCUT2D eigenvalue weighted by Gasteiger charge is -2.26. The molecule has 0 aliphatic heterocycles. The molecule has 2 aromatic rings. The molecule has 2 atom stereocenters. The van der Waals surface area contributed by atoms with Gasteiger partial charge in [0.05, 0.1) is 0 Å². The fourth-order valence-corrected chi connectivity index (χ4v) is 2.69. The predicted octanol–water partition coefficient (Wildman–Crippen LogP) is 2.16. The van der Waals surface area contributed by atoms with Crippen LogP contribution < -0.4 is 5.73 Å². The van der Waals surface area contributed by atoms with Crippen molar-refractivity contribution in [3.05, 3.63) is 41.5 Å². The van der Waals surface area contributed by atoms with Crippen molar-refractivity contribution in [3.8, 4) is 0 Å². The van der Waals surface area contributed by atoms with E-state index in [-0.39, 0.29) is 30.2 Å². The second-order valence-electron chi connectivity index (χ2n) is 6.97. The zero-order valence-electron chi connectivity index (χ0n) is 16.2. The van der Waals surface area contributed by atoms with Crippen LogP contribution in [-0.2, 0) is 11.2 Å². The van der Waals surface area contributed by atoms with Crippen LogP contribution in [0.3, 0.4) is 0 Å². The highest BCUT2D eigenvalue weighted by molar-refractivity contribution is 5.85. The van der Waals surface area contributed by atoms with E-state index in [0.717, 1.165) is 12.0 Å². The minimum Gasteiger partial charge on any atom is -0.344 e. The zero-order chi connectivity index (χ0) is 19.3. The molecule has 0 bridgehead atoms. The lowest BCUT2D eigenvalue weighted by atomic mass is 10.0. The Bertz CT molecular complexity index is 721. The molecule has 9 heteroatoms. The largest absolute Gasteiger partial charge is 0.344 e. The minimum absolute atomic E-state index is 0. The first-order chi connectivity index (χ1) is 12.3. The highest BCUT2D eigenvalue weighted by Gasteiger charge is 2.27. The maximum Gasteiger partial charge on any atom is 0.247 e. The molecule has 150 valence electrons. The molecule has 1 heterocycles. The standard InChI is InChI=1S/C18H27FN6O.ClH/c1-12(2)16(20)9-10-24(4)18(26)17(25-13(3)21-22-23-25)11-14-5-7-15(19)8-6-14;/h5-8,12,16-17H,9-11,20H2,1-4H3;1H. The van der Waals surface area contributed by atoms with Crippen molar-refractivity contribution in [1.29, 1.82) is 0 Å². The number of benzene rings is 1. The number of hydrogen-bond acceptors (Lipinski definition) is 5. The van der Waals surface area contributed by atoms with Crippen molar-refractivity contribution in [1.82, 2.24) is 25.1 Å². The molecule has 0 aliphatic carbocycles. The number of nitrogens with zero attached hydrogens (tertiary/aromatic N) is 5. The number of tetrazole rings is 1. The summed E-state index contributed by atoms with van der Waals surface area (Å²) >= 11 is 0. The number of aromatic nitrogens is 4. The molecule has 7 nitrogen and oxygen atoms in total. The topological polar surface area (TPSA) is 89.9 Å². The molecule has 0 radical (unpaired) electrons. The predicted molar refractivity (Wildman–Crippen MR) is 104 cm³/mol. The Hall–Kier alpha value is -2.06. The first kappa shape index (κ1) is 23.0. The molecule has 2 N–H and O–H groups in total. The van der Waals surface area contributed by atoms with Gasteiger partial charge in [0.25, 0.3) is 0 Å². The molecule has 1 amide bonds. The average molecular weight is 399 g/mol. The van der Waals surface area contributed by atoms with Crippen LogP contribution in [0.4, 0.5) is 4.39 Å². The lowest BCUT2D eigenvalue weighted by molar-refractivity contribution is -0.134. The molecular weight excluding hydrogens is 371 g/mol. The van der Waals surface area contributed by atoms with Crippen LogP contribution in [0, 0.1) is 18.7 Å². The quantitative estimate of drug-likeness (QED) is 0.735. The summed E-state index contributed by atoms with van der Waals surface area (Å²) in [6, 6.07) is 5.56. The number of likely N-dealkylation sites (N-methyl/N-ethyl adjacent to an activating group) is 1. The molecule has 0 saturated heterocycles. The first-order valence-electron chi connectivity index (χ1n) is 8.79. The summed E-state index contributed by atoms with van der Waals surface area (Å²) in [4.78, 5) is 14.7. The van der Waals surface area contributed by atoms with Gasteiger partial charge in [-0.1, -0.05) is 26.0 Å². The molecular formula is C18H28ClFN6O. The van der Waals surface area contributed by atoms with Crippen molar-refractivity contribution in [2.24, 2.45) is 11.7 Å². The van der Waals surface area contributed by atoms with Gasteiger partial charge in [0.1, 0.15) is 17.7 Å². The molecule has 1 aromatic heterocycles. The number of amides is 1. The first-order valence-corrected chi connectivity index (χ1v) is 8.79. The van der Waals surface area contributed by atoms with Crippen LogP contribution in [0.25, 0.3) is 0 Å². The van der Waals surface area contributed by atoms with E-state index in [1.54, 1.807) is 31.0 Å². The van der Waals surface area contributed by atoms with Gasteiger partial charge < -0.3 is 10.6 Å². The fraction of sp³-hybridized carbons (Fsp3) is 0.556. The van der Waals surface area contributed by atoms with Crippen LogP contribution in [0.15, 0.2) is 24.3 Å². The highest BCUT2D eigenvalue weighted by atomic mass is 35.5. The van der Waals surface area contributed by atoms with Crippen LogP contribution in [-0.4, -0.2) is 50.6 Å². The Morgan fingerprint density at radius 1 is 1.30 bits per heavy atom. The number of nitrogens with two attached hydrogens (primary N) is 1. The van der Waals surface area contributed by atoms with E-state index in [2.05, 4.69) is 29.4 Å². The second kappa shape index (κ2) is 10.3. The van der Waals surface area contributed by atoms with Gasteiger partial charge in [-0.25, -0.2) is 9.07 Å². The Kier molecular flexibility index (Phi) is 8.78. The van der Waals surface area contributed by atoms with Gasteiger partial charge in [0.2, 0.25) is 5.91 Å². The fourth-order valence-electron chi connectivity index (χ4n) is 2.69. The van der Waals surface area contributed by atoms with Gasteiger partial charge in [-0.05, 0) is 47.4 Å². The highest BCUT2D eigenvalue weighted by Crippen LogP contribution is 2.18. The van der Waals surface area contributed by atoms with E-state index < -0.39 is 6.04 Å². The van der Waals surface area contributed by atoms with Crippen molar-refractivity contribution in [3.63, 3.8) is 0 Å². The Morgan fingerprint density at radius 3 is 2.44 bits per heavy atom. The second-order valence-corrected chi connectivity index (χ2v) is 6.97. The summed E-state index contributed by atoms with van der Waals surface area (Å²) in [7, 11) is 1.76. The normalized spacial score (nSPS) is 13.1. The number of hydrogen-bond donors (Lipinski definition) is 1. The van der Waals surface area contributed by atoms with E-state index in [1.165, 1.54) is 16.8 Å². The van der Waals surface area contributed by atoms with Crippen LogP contribution in [0.2, 0.25) is 0 Å². The van der Waals surface area contributed by atoms with Crippen LogP contribution in [0.5, 0.6) is 0 Å². The van der Waals surface area contributed by atoms with Crippen molar-refractivity contribution in [2.45, 2.75) is 45.7 Å².